The number of nitrogens with zero attached hydrogens (tertiary/aromatic N) is 2. The average molecular weight is 203 g/mol. The number of hydrogen-bond donors (Lipinski definition) is 1. The van der Waals surface area contributed by atoms with Crippen LogP contribution in [0.5, 0.6) is 0 Å². The summed E-state index contributed by atoms with van der Waals surface area (Å²) in [4.78, 5) is 19.2. The van der Waals surface area contributed by atoms with E-state index in [0.717, 1.165) is 6.42 Å². The molecule has 0 saturated heterocycles. The van der Waals surface area contributed by atoms with Crippen LogP contribution < -0.4 is 5.32 Å². The number of nitrogens with one attached hydrogen (secondary N) is 1. The minimum Gasteiger partial charge on any atom is -0.348 e. The molecular formula is C11H13N3O. The second-order valence-corrected chi connectivity index (χ2v) is 3.11. The van der Waals surface area contributed by atoms with Gasteiger partial charge >= 0.3 is 0 Å². The summed E-state index contributed by atoms with van der Waals surface area (Å²) >= 11 is 0. The Bertz CT molecular complexity index is 356. The largest absolute Gasteiger partial charge is 0.348 e. The van der Waals surface area contributed by atoms with Crippen molar-refractivity contribution in [2.75, 3.05) is 0 Å². The van der Waals surface area contributed by atoms with Gasteiger partial charge in [-0.3, -0.25) is 4.79 Å². The van der Waals surface area contributed by atoms with Crippen molar-refractivity contribution in [3.8, 4) is 12.3 Å². The second-order valence-electron chi connectivity index (χ2n) is 3.11. The molecule has 1 aromatic heterocycles. The van der Waals surface area contributed by atoms with Crippen molar-refractivity contribution in [3.05, 3.63) is 24.3 Å². The first-order valence-electron chi connectivity index (χ1n) is 4.77. The van der Waals surface area contributed by atoms with Crippen molar-refractivity contribution in [3.63, 3.8) is 0 Å². The molecule has 0 aromatic carbocycles. The number of terminal acetylenes is 1. The van der Waals surface area contributed by atoms with Gasteiger partial charge in [0.2, 0.25) is 0 Å². The van der Waals surface area contributed by atoms with E-state index in [4.69, 9.17) is 6.42 Å². The Morgan fingerprint density at radius 1 is 1.60 bits per heavy atom. The van der Waals surface area contributed by atoms with Crippen molar-refractivity contribution in [1.29, 1.82) is 0 Å². The minimum atomic E-state index is -0.183. The third kappa shape index (κ3) is 3.39. The molecule has 1 heterocycles. The first-order chi connectivity index (χ1) is 7.27. The highest BCUT2D eigenvalue weighted by Gasteiger charge is 2.11. The van der Waals surface area contributed by atoms with Gasteiger partial charge in [-0.1, -0.05) is 6.92 Å². The normalized spacial score (nSPS) is 11.5. The molecule has 0 aliphatic heterocycles. The van der Waals surface area contributed by atoms with Crippen LogP contribution in [0.2, 0.25) is 0 Å². The Morgan fingerprint density at radius 2 is 2.27 bits per heavy atom. The molecular weight excluding hydrogens is 190 g/mol. The van der Waals surface area contributed by atoms with Crippen LogP contribution in [-0.4, -0.2) is 21.9 Å². The summed E-state index contributed by atoms with van der Waals surface area (Å²) in [5, 5.41) is 2.82. The van der Waals surface area contributed by atoms with Gasteiger partial charge in [0.05, 0.1) is 5.56 Å². The van der Waals surface area contributed by atoms with Crippen LogP contribution in [0.1, 0.15) is 30.1 Å². The fourth-order valence-electron chi connectivity index (χ4n) is 1.12. The highest BCUT2D eigenvalue weighted by Crippen LogP contribution is 1.99. The van der Waals surface area contributed by atoms with E-state index in [2.05, 4.69) is 21.2 Å². The van der Waals surface area contributed by atoms with Gasteiger partial charge in [0.1, 0.15) is 6.33 Å². The Morgan fingerprint density at radius 3 is 2.80 bits per heavy atom. The molecule has 4 heteroatoms. The van der Waals surface area contributed by atoms with E-state index in [-0.39, 0.29) is 11.9 Å². The van der Waals surface area contributed by atoms with Gasteiger partial charge < -0.3 is 5.32 Å². The first-order valence-corrected chi connectivity index (χ1v) is 4.77. The van der Waals surface area contributed by atoms with Crippen LogP contribution in [0.25, 0.3) is 0 Å². The molecule has 1 rings (SSSR count). The number of aromatic nitrogens is 2. The predicted molar refractivity (Wildman–Crippen MR) is 57.0 cm³/mol. The Balaban J connectivity index is 2.59. The molecule has 4 nitrogen and oxygen atoms in total. The monoisotopic (exact) mass is 203 g/mol. The van der Waals surface area contributed by atoms with Crippen molar-refractivity contribution in [2.24, 2.45) is 0 Å². The zero-order valence-electron chi connectivity index (χ0n) is 8.60. The molecule has 15 heavy (non-hydrogen) atoms. The fourth-order valence-corrected chi connectivity index (χ4v) is 1.12. The van der Waals surface area contributed by atoms with E-state index in [9.17, 15) is 4.79 Å². The van der Waals surface area contributed by atoms with E-state index in [0.29, 0.717) is 12.0 Å². The number of carbonyl (C=O) groups excluding carboxylic acids is 1. The molecule has 1 N–H and O–H groups in total. The summed E-state index contributed by atoms with van der Waals surface area (Å²) in [5.41, 5.74) is 0.452. The Hall–Kier alpha value is -1.89. The summed E-state index contributed by atoms with van der Waals surface area (Å²) in [6.07, 6.45) is 10.9. The maximum absolute atomic E-state index is 11.6. The molecule has 1 aromatic rings. The van der Waals surface area contributed by atoms with Gasteiger partial charge in [-0.25, -0.2) is 9.97 Å². The summed E-state index contributed by atoms with van der Waals surface area (Å²) in [7, 11) is 0. The topological polar surface area (TPSA) is 54.9 Å². The van der Waals surface area contributed by atoms with E-state index < -0.39 is 0 Å². The van der Waals surface area contributed by atoms with Crippen LogP contribution >= 0.6 is 0 Å². The molecule has 1 atom stereocenters. The lowest BCUT2D eigenvalue weighted by molar-refractivity contribution is 0.0936. The van der Waals surface area contributed by atoms with Crippen molar-refractivity contribution >= 4 is 5.91 Å². The van der Waals surface area contributed by atoms with Crippen LogP contribution in [0.15, 0.2) is 18.7 Å². The zero-order valence-corrected chi connectivity index (χ0v) is 8.60. The van der Waals surface area contributed by atoms with Crippen molar-refractivity contribution < 1.29 is 4.79 Å². The maximum Gasteiger partial charge on any atom is 0.254 e. The minimum absolute atomic E-state index is 0.0164. The molecule has 1 unspecified atom stereocenters. The van der Waals surface area contributed by atoms with Crippen LogP contribution in [-0.2, 0) is 0 Å². The van der Waals surface area contributed by atoms with E-state index in [1.165, 1.54) is 18.7 Å². The molecule has 0 fully saturated rings. The quantitative estimate of drug-likeness (QED) is 0.743. The second kappa shape index (κ2) is 5.76. The highest BCUT2D eigenvalue weighted by atomic mass is 16.1. The number of amides is 1. The van der Waals surface area contributed by atoms with Gasteiger partial charge in [-0.05, 0) is 6.42 Å². The van der Waals surface area contributed by atoms with Crippen molar-refractivity contribution in [1.82, 2.24) is 15.3 Å². The van der Waals surface area contributed by atoms with Gasteiger partial charge in [-0.2, -0.15) is 0 Å². The van der Waals surface area contributed by atoms with E-state index >= 15 is 0 Å². The van der Waals surface area contributed by atoms with Crippen LogP contribution in [0.4, 0.5) is 0 Å². The van der Waals surface area contributed by atoms with Gasteiger partial charge in [0.25, 0.3) is 5.91 Å². The summed E-state index contributed by atoms with van der Waals surface area (Å²) in [5.74, 6) is 2.35. The molecule has 1 amide bonds. The lowest BCUT2D eigenvalue weighted by atomic mass is 10.1. The van der Waals surface area contributed by atoms with E-state index in [1.807, 2.05) is 6.92 Å². The summed E-state index contributed by atoms with van der Waals surface area (Å²) in [6.45, 7) is 1.98. The SMILES string of the molecule is C#CCC(CC)NC(=O)c1cncnc1. The van der Waals surface area contributed by atoms with Gasteiger partial charge in [0.15, 0.2) is 0 Å². The van der Waals surface area contributed by atoms with Gasteiger partial charge in [-0.15, -0.1) is 12.3 Å². The third-order valence-corrected chi connectivity index (χ3v) is 2.02. The molecule has 0 bridgehead atoms. The first kappa shape index (κ1) is 11.2. The summed E-state index contributed by atoms with van der Waals surface area (Å²) < 4.78 is 0. The number of carbonyl (C=O) groups is 1. The van der Waals surface area contributed by atoms with E-state index in [1.54, 1.807) is 0 Å². The lowest BCUT2D eigenvalue weighted by Gasteiger charge is -2.13. The average Bonchev–Trinajstić information content (AvgIpc) is 2.29. The Kier molecular flexibility index (Phi) is 4.30. The number of rotatable bonds is 4. The smallest absolute Gasteiger partial charge is 0.254 e. The summed E-state index contributed by atoms with van der Waals surface area (Å²) in [6, 6.07) is 0.0164. The zero-order chi connectivity index (χ0) is 11.1. The molecule has 0 aliphatic carbocycles. The lowest BCUT2D eigenvalue weighted by Crippen LogP contribution is -2.34. The van der Waals surface area contributed by atoms with Crippen LogP contribution in [0.3, 0.4) is 0 Å². The molecule has 0 saturated carbocycles. The molecule has 78 valence electrons. The number of hydrogen-bond acceptors (Lipinski definition) is 3. The van der Waals surface area contributed by atoms with Crippen LogP contribution in [0, 0.1) is 12.3 Å². The maximum atomic E-state index is 11.6. The molecule has 0 aliphatic rings. The fraction of sp³-hybridized carbons (Fsp3) is 0.364. The molecule has 0 radical (unpaired) electrons. The van der Waals surface area contributed by atoms with Gasteiger partial charge in [0, 0.05) is 24.9 Å². The molecule has 0 spiro atoms. The third-order valence-electron chi connectivity index (χ3n) is 2.02. The van der Waals surface area contributed by atoms with Crippen molar-refractivity contribution in [2.45, 2.75) is 25.8 Å². The standard InChI is InChI=1S/C11H13N3O/c1-3-5-10(4-2)14-11(15)9-6-12-8-13-7-9/h1,6-8,10H,4-5H2,2H3,(H,14,15). The Labute approximate surface area is 89.1 Å². The predicted octanol–water partition coefficient (Wildman–Crippen LogP) is 1.01. The highest BCUT2D eigenvalue weighted by molar-refractivity contribution is 5.93.